The van der Waals surface area contributed by atoms with Crippen molar-refractivity contribution in [3.8, 4) is 23.0 Å². The van der Waals surface area contributed by atoms with Crippen LogP contribution in [-0.2, 0) is 12.6 Å². The third kappa shape index (κ3) is 11.3. The van der Waals surface area contributed by atoms with Crippen LogP contribution in [0.15, 0.2) is 151 Å². The lowest BCUT2D eigenvalue weighted by molar-refractivity contribution is -0.137. The Labute approximate surface area is 397 Å². The van der Waals surface area contributed by atoms with Crippen LogP contribution in [0.1, 0.15) is 54.6 Å². The van der Waals surface area contributed by atoms with Crippen LogP contribution in [0, 0.1) is 19.3 Å². The van der Waals surface area contributed by atoms with Crippen LogP contribution in [0.3, 0.4) is 0 Å². The van der Waals surface area contributed by atoms with E-state index in [1.807, 2.05) is 61.5 Å². The number of carbonyl (C=O) groups is 1. The lowest BCUT2D eigenvalue weighted by Gasteiger charge is -2.35. The molecule has 356 valence electrons. The topological polar surface area (TPSA) is 114 Å². The molecule has 6 aromatic carbocycles. The number of rotatable bonds is 16. The van der Waals surface area contributed by atoms with E-state index < -0.39 is 30.9 Å². The zero-order chi connectivity index (χ0) is 48.8. The number of fused-ring (bicyclic) bond motifs is 1. The van der Waals surface area contributed by atoms with Gasteiger partial charge in [-0.2, -0.15) is 13.2 Å². The molecule has 0 aliphatic heterocycles. The van der Waals surface area contributed by atoms with E-state index in [-0.39, 0.29) is 23.2 Å². The predicted molar refractivity (Wildman–Crippen MR) is 268 cm³/mol. The smallest absolute Gasteiger partial charge is 0.416 e. The van der Waals surface area contributed by atoms with Crippen molar-refractivity contribution in [2.75, 3.05) is 38.5 Å². The second kappa shape index (κ2) is 20.6. The van der Waals surface area contributed by atoms with E-state index in [0.29, 0.717) is 35.8 Å². The number of nitrogens with zero attached hydrogens (tertiary/aromatic N) is 1. The maximum atomic E-state index is 13.6. The Morgan fingerprint density at radius 2 is 1.29 bits per heavy atom. The van der Waals surface area contributed by atoms with E-state index in [9.17, 15) is 18.0 Å². The van der Waals surface area contributed by atoms with Gasteiger partial charge in [0.2, 0.25) is 0 Å². The molecule has 0 fully saturated rings. The van der Waals surface area contributed by atoms with Gasteiger partial charge >= 0.3 is 12.2 Å². The number of aryl methyl sites for hydroxylation is 2. The second-order valence-electron chi connectivity index (χ2n) is 17.9. The van der Waals surface area contributed by atoms with Crippen molar-refractivity contribution in [1.82, 2.24) is 10.6 Å². The maximum Gasteiger partial charge on any atom is 0.416 e. The van der Waals surface area contributed by atoms with Gasteiger partial charge in [0.25, 0.3) is 0 Å². The van der Waals surface area contributed by atoms with Crippen LogP contribution in [0.2, 0.25) is 0 Å². The van der Waals surface area contributed by atoms with Crippen molar-refractivity contribution in [2.24, 2.45) is 10.2 Å². The third-order valence-electron chi connectivity index (χ3n) is 12.0. The van der Waals surface area contributed by atoms with Gasteiger partial charge in [-0.15, -0.1) is 0 Å². The lowest BCUT2D eigenvalue weighted by Crippen LogP contribution is -2.46. The zero-order valence-corrected chi connectivity index (χ0v) is 40.5. The number of urea groups is 1. The fourth-order valence-corrected chi connectivity index (χ4v) is 11.9. The van der Waals surface area contributed by atoms with E-state index in [1.165, 1.54) is 6.07 Å². The summed E-state index contributed by atoms with van der Waals surface area (Å²) in [7, 11) is 2.25. The maximum absolute atomic E-state index is 13.6. The predicted octanol–water partition coefficient (Wildman–Crippen LogP) is 11.3. The number of anilines is 2. The molecule has 68 heavy (non-hydrogen) atoms. The molecule has 7 rings (SSSR count). The van der Waals surface area contributed by atoms with E-state index in [1.54, 1.807) is 40.4 Å². The van der Waals surface area contributed by atoms with E-state index in [0.717, 1.165) is 62.0 Å². The number of halogens is 3. The molecule has 10 nitrogen and oxygen atoms in total. The number of amides is 2. The summed E-state index contributed by atoms with van der Waals surface area (Å²) in [6.07, 6.45) is -4.45. The molecule has 14 heteroatoms. The Morgan fingerprint density at radius 3 is 1.82 bits per heavy atom. The first-order valence-corrected chi connectivity index (χ1v) is 24.0. The van der Waals surface area contributed by atoms with Gasteiger partial charge in [-0.3, -0.25) is 4.74 Å². The molecular weight excluding hydrogens is 887 g/mol. The van der Waals surface area contributed by atoms with Crippen molar-refractivity contribution in [3.63, 3.8) is 0 Å². The Balaban J connectivity index is 1.18. The number of hydrogen-bond donors (Lipinski definition) is 4. The second-order valence-corrected chi connectivity index (χ2v) is 21.0. The molecule has 0 saturated carbocycles. The number of benzene rings is 6. The van der Waals surface area contributed by atoms with Crippen molar-refractivity contribution < 1.29 is 36.9 Å². The summed E-state index contributed by atoms with van der Waals surface area (Å²) in [5.41, 5.74) is 2.57. The molecule has 2 amide bonds. The van der Waals surface area contributed by atoms with Crippen LogP contribution in [0.5, 0.6) is 23.0 Å². The average Bonchev–Trinajstić information content (AvgIpc) is 3.65. The monoisotopic (exact) mass is 945 g/mol. The minimum atomic E-state index is -4.57. The molecule has 0 heterocycles. The van der Waals surface area contributed by atoms with Crippen LogP contribution in [0.4, 0.5) is 29.3 Å². The summed E-state index contributed by atoms with van der Waals surface area (Å²) >= 11 is 0. The van der Waals surface area contributed by atoms with Crippen LogP contribution < -0.4 is 56.1 Å². The molecule has 0 unspecified atom stereocenters. The largest absolute Gasteiger partial charge is 0.497 e. The minimum Gasteiger partial charge on any atom is -0.497 e. The summed E-state index contributed by atoms with van der Waals surface area (Å²) in [5, 5.41) is 15.9. The van der Waals surface area contributed by atoms with Crippen LogP contribution in [0.25, 0.3) is 0 Å². The quantitative estimate of drug-likeness (QED) is 0.0715. The fraction of sp³-hybridized carbons (Fsp3) is 0.278. The number of alkyl halides is 3. The molecule has 0 bridgehead atoms. The van der Waals surface area contributed by atoms with Gasteiger partial charge in [0.05, 0.1) is 64.1 Å². The van der Waals surface area contributed by atoms with Gasteiger partial charge in [0.15, 0.2) is 0 Å². The van der Waals surface area contributed by atoms with E-state index in [4.69, 9.17) is 23.7 Å². The highest BCUT2D eigenvalue weighted by Gasteiger charge is 2.37. The fourth-order valence-electron chi connectivity index (χ4n) is 8.42. The van der Waals surface area contributed by atoms with Gasteiger partial charge < -0.3 is 40.2 Å². The normalized spacial score (nSPS) is 15.0. The molecule has 1 aliphatic carbocycles. The lowest BCUT2D eigenvalue weighted by atomic mass is 9.87. The van der Waals surface area contributed by atoms with Crippen molar-refractivity contribution in [1.29, 1.82) is 0 Å². The van der Waals surface area contributed by atoms with Crippen molar-refractivity contribution in [3.05, 3.63) is 174 Å². The van der Waals surface area contributed by atoms with Crippen LogP contribution in [-0.4, -0.2) is 46.1 Å². The molecule has 0 saturated heterocycles. The SMILES string of the molecule is C=C(N[C@H]1c2ccccc2C[C@@H]1Oc1ccc(C)cc1NC(=O)Nc1cc(C)cc(C(F)(F)F)c1)N[C@H](CN=P(c1ccc(OC)cc1)(c1ccc(OC)cc1)c1ccc(OC)cc1)C(C)(C)C. The molecule has 0 radical (unpaired) electrons. The van der Waals surface area contributed by atoms with E-state index in [2.05, 4.69) is 97.1 Å². The van der Waals surface area contributed by atoms with Gasteiger partial charge in [-0.1, -0.05) is 57.7 Å². The summed E-state index contributed by atoms with van der Waals surface area (Å²) in [5.74, 6) is 3.21. The number of methoxy groups -OCH3 is 3. The molecule has 0 aromatic heterocycles. The summed E-state index contributed by atoms with van der Waals surface area (Å²) in [6.45, 7) is 14.9. The molecule has 1 aliphatic rings. The van der Waals surface area contributed by atoms with Gasteiger partial charge in [-0.05, 0) is 145 Å². The third-order valence-corrected chi connectivity index (χ3v) is 15.8. The Kier molecular flexibility index (Phi) is 14.8. The zero-order valence-electron chi connectivity index (χ0n) is 39.6. The van der Waals surface area contributed by atoms with Crippen molar-refractivity contribution >= 4 is 40.4 Å². The Morgan fingerprint density at radius 1 is 0.735 bits per heavy atom. The Bertz CT molecular complexity index is 2670. The molecule has 0 spiro atoms. The first-order chi connectivity index (χ1) is 32.4. The van der Waals surface area contributed by atoms with Gasteiger partial charge in [0.1, 0.15) is 29.1 Å². The van der Waals surface area contributed by atoms with Gasteiger partial charge in [0, 0.05) is 28.0 Å². The number of carbonyl (C=O) groups excluding carboxylic acids is 1. The molecule has 3 atom stereocenters. The molecule has 6 aromatic rings. The summed E-state index contributed by atoms with van der Waals surface area (Å²) < 4.78 is 70.1. The van der Waals surface area contributed by atoms with Gasteiger partial charge in [-0.25, -0.2) is 4.79 Å². The minimum absolute atomic E-state index is 0.0163. The van der Waals surface area contributed by atoms with E-state index >= 15 is 0 Å². The number of hydrogen-bond acceptors (Lipinski definition) is 8. The number of nitrogens with one attached hydrogen (secondary N) is 4. The highest BCUT2D eigenvalue weighted by molar-refractivity contribution is 7.87. The first kappa shape index (κ1) is 49.1. The highest BCUT2D eigenvalue weighted by Crippen LogP contribution is 2.48. The van der Waals surface area contributed by atoms with Crippen LogP contribution >= 0.6 is 7.05 Å². The highest BCUT2D eigenvalue weighted by atomic mass is 31.2. The Hall–Kier alpha value is -6.85. The molecular formula is C54H59F3N5O5P. The summed E-state index contributed by atoms with van der Waals surface area (Å²) in [4.78, 5) is 13.3. The molecule has 4 N–H and O–H groups in total. The standard InChI is InChI=1S/C54H59F3N5O5P/c1-34-14-27-48(47(30-34)62-52(63)61-39-29-35(2)28-38(32-39)54(55,56)57)67-49-31-37-12-10-11-13-46(37)51(49)60-36(3)59-50(53(4,5)6)33-58-68(43-21-15-40(64-7)16-22-43,44-23-17-41(65-8)18-24-44)45-25-19-42(66-9)20-26-45/h10-30,32,49-51,59-60H,3,31,33H2,1-2,4-9H3,(H2,61,62,63)/t49-,50+,51-/m0/s1. The van der Waals surface area contributed by atoms with Crippen molar-refractivity contribution in [2.45, 2.75) is 65.4 Å². The number of ether oxygens (including phenoxy) is 4. The first-order valence-electron chi connectivity index (χ1n) is 22.3. The summed E-state index contributed by atoms with van der Waals surface area (Å²) in [6, 6.07) is 40.1. The average molecular weight is 946 g/mol.